The van der Waals surface area contributed by atoms with Crippen LogP contribution in [0.25, 0.3) is 27.8 Å². The molecular formula is C52H51N. The zero-order valence-corrected chi connectivity index (χ0v) is 31.7. The van der Waals surface area contributed by atoms with Gasteiger partial charge in [0.25, 0.3) is 0 Å². The highest BCUT2D eigenvalue weighted by Gasteiger charge is 2.56. The van der Waals surface area contributed by atoms with Gasteiger partial charge < -0.3 is 4.90 Å². The van der Waals surface area contributed by atoms with E-state index in [9.17, 15) is 0 Å². The van der Waals surface area contributed by atoms with E-state index in [4.69, 9.17) is 0 Å². The summed E-state index contributed by atoms with van der Waals surface area (Å²) in [6, 6.07) is 42.7. The summed E-state index contributed by atoms with van der Waals surface area (Å²) in [6.07, 6.45) is 13.2. The molecule has 0 amide bonds. The molecule has 0 heterocycles. The molecule has 0 saturated heterocycles. The molecule has 5 aromatic carbocycles. The highest BCUT2D eigenvalue weighted by molar-refractivity contribution is 5.89. The van der Waals surface area contributed by atoms with E-state index in [0.29, 0.717) is 0 Å². The summed E-state index contributed by atoms with van der Waals surface area (Å²) in [4.78, 5) is 2.54. The van der Waals surface area contributed by atoms with Crippen molar-refractivity contribution in [2.45, 2.75) is 88.9 Å². The molecule has 6 atom stereocenters. The van der Waals surface area contributed by atoms with Crippen molar-refractivity contribution < 1.29 is 0 Å². The number of benzene rings is 5. The van der Waals surface area contributed by atoms with Crippen molar-refractivity contribution in [3.8, 4) is 22.3 Å². The number of hydrogen-bond acceptors (Lipinski definition) is 1. The van der Waals surface area contributed by atoms with Gasteiger partial charge >= 0.3 is 0 Å². The maximum Gasteiger partial charge on any atom is 0.0490 e. The van der Waals surface area contributed by atoms with Crippen molar-refractivity contribution in [1.29, 1.82) is 0 Å². The van der Waals surface area contributed by atoms with E-state index in [1.807, 2.05) is 0 Å². The van der Waals surface area contributed by atoms with Crippen LogP contribution in [-0.4, -0.2) is 0 Å². The Labute approximate surface area is 316 Å². The van der Waals surface area contributed by atoms with E-state index in [2.05, 4.69) is 148 Å². The molecule has 6 unspecified atom stereocenters. The number of allylic oxidation sites excluding steroid dienone is 2. The van der Waals surface area contributed by atoms with E-state index in [1.165, 1.54) is 107 Å². The first-order valence-electron chi connectivity index (χ1n) is 20.6. The number of fused-ring (bicyclic) bond motifs is 13. The van der Waals surface area contributed by atoms with E-state index in [-0.39, 0.29) is 10.8 Å². The molecule has 4 saturated carbocycles. The van der Waals surface area contributed by atoms with Crippen molar-refractivity contribution in [2.75, 3.05) is 4.90 Å². The predicted octanol–water partition coefficient (Wildman–Crippen LogP) is 13.7. The van der Waals surface area contributed by atoms with Gasteiger partial charge in [0.15, 0.2) is 0 Å². The van der Waals surface area contributed by atoms with Crippen LogP contribution in [-0.2, 0) is 10.8 Å². The second kappa shape index (κ2) is 11.4. The number of hydrogen-bond donors (Lipinski definition) is 0. The molecule has 264 valence electrons. The SMILES string of the molecule is C=C/C(=C(\C)c1ccc(C2CC3CCC2C3)cc1)N(c1ccc2c(c1)C(C)(C)c1ccccc1-2)c1ccc2c(c1)C1(CC3CCC1C3)c1ccccc1-2. The summed E-state index contributed by atoms with van der Waals surface area (Å²) in [5.41, 5.74) is 19.3. The van der Waals surface area contributed by atoms with Crippen LogP contribution in [0, 0.1) is 23.7 Å². The topological polar surface area (TPSA) is 3.24 Å². The highest BCUT2D eigenvalue weighted by Crippen LogP contribution is 2.66. The van der Waals surface area contributed by atoms with Crippen LogP contribution in [0.5, 0.6) is 0 Å². The first-order chi connectivity index (χ1) is 25.8. The minimum Gasteiger partial charge on any atom is -0.310 e. The van der Waals surface area contributed by atoms with Gasteiger partial charge in [-0.25, -0.2) is 0 Å². The molecule has 0 N–H and O–H groups in total. The van der Waals surface area contributed by atoms with Crippen molar-refractivity contribution in [2.24, 2.45) is 23.7 Å². The van der Waals surface area contributed by atoms with Crippen LogP contribution in [0.2, 0.25) is 0 Å². The second-order valence-corrected chi connectivity index (χ2v) is 18.2. The molecule has 4 bridgehead atoms. The first-order valence-corrected chi connectivity index (χ1v) is 20.6. The van der Waals surface area contributed by atoms with Gasteiger partial charge in [0.05, 0.1) is 0 Å². The van der Waals surface area contributed by atoms with Crippen LogP contribution < -0.4 is 4.90 Å². The Hall–Kier alpha value is -4.62. The fourth-order valence-electron chi connectivity index (χ4n) is 13.0. The standard InChI is InChI=1S/C52H51N/c1-5-50(32(2)35-17-19-36(20-18-35)45-28-33-14-16-37(45)26-33)53(39-22-24-43-41-10-6-8-12-46(41)51(3,4)48(43)29-39)40-23-25-44-42-11-7-9-13-47(42)52(49(44)30-40)31-34-15-21-38(52)27-34/h5-13,17-20,22-25,29-30,33-34,37-38,45H,1,14-16,21,26-28,31H2,2-4H3/b50-32-. The fourth-order valence-corrected chi connectivity index (χ4v) is 13.0. The van der Waals surface area contributed by atoms with E-state index < -0.39 is 0 Å². The lowest BCUT2D eigenvalue weighted by Crippen LogP contribution is -2.32. The van der Waals surface area contributed by atoms with Gasteiger partial charge in [-0.2, -0.15) is 0 Å². The Kier molecular flexibility index (Phi) is 6.88. The summed E-state index contributed by atoms with van der Waals surface area (Å²) in [7, 11) is 0. The average Bonchev–Trinajstić information content (AvgIpc) is 4.07. The van der Waals surface area contributed by atoms with Crippen LogP contribution in [0.15, 0.2) is 128 Å². The summed E-state index contributed by atoms with van der Waals surface area (Å²) in [6.45, 7) is 11.6. The molecule has 1 spiro atoms. The Morgan fingerprint density at radius 3 is 1.92 bits per heavy atom. The van der Waals surface area contributed by atoms with Gasteiger partial charge in [-0.05, 0) is 167 Å². The Bertz CT molecular complexity index is 2350. The van der Waals surface area contributed by atoms with Gasteiger partial charge in [-0.3, -0.25) is 0 Å². The third-order valence-corrected chi connectivity index (χ3v) is 15.4. The normalized spacial score (nSPS) is 28.1. The molecule has 6 aliphatic carbocycles. The fraction of sp³-hybridized carbons (Fsp3) is 0.346. The van der Waals surface area contributed by atoms with Crippen molar-refractivity contribution in [3.63, 3.8) is 0 Å². The Morgan fingerprint density at radius 2 is 1.28 bits per heavy atom. The molecule has 53 heavy (non-hydrogen) atoms. The minimum atomic E-state index is -0.0804. The quantitative estimate of drug-likeness (QED) is 0.160. The largest absolute Gasteiger partial charge is 0.310 e. The van der Waals surface area contributed by atoms with Crippen LogP contribution in [0.1, 0.15) is 111 Å². The van der Waals surface area contributed by atoms with E-state index >= 15 is 0 Å². The monoisotopic (exact) mass is 689 g/mol. The van der Waals surface area contributed by atoms with Crippen LogP contribution in [0.3, 0.4) is 0 Å². The molecule has 6 aliphatic rings. The molecule has 0 aliphatic heterocycles. The first kappa shape index (κ1) is 31.9. The maximum absolute atomic E-state index is 4.53. The molecule has 1 heteroatoms. The van der Waals surface area contributed by atoms with E-state index in [0.717, 1.165) is 35.3 Å². The summed E-state index contributed by atoms with van der Waals surface area (Å²) in [5, 5.41) is 0. The third kappa shape index (κ3) is 4.43. The Balaban J connectivity index is 1.08. The maximum atomic E-state index is 4.53. The van der Waals surface area contributed by atoms with Gasteiger partial charge in [0.2, 0.25) is 0 Å². The van der Waals surface area contributed by atoms with Crippen LogP contribution >= 0.6 is 0 Å². The van der Waals surface area contributed by atoms with Crippen LogP contribution in [0.4, 0.5) is 11.4 Å². The number of rotatable bonds is 6. The Morgan fingerprint density at radius 1 is 0.642 bits per heavy atom. The van der Waals surface area contributed by atoms with Gasteiger partial charge in [0.1, 0.15) is 0 Å². The second-order valence-electron chi connectivity index (χ2n) is 18.2. The minimum absolute atomic E-state index is 0.0804. The van der Waals surface area contributed by atoms with Gasteiger partial charge in [-0.1, -0.05) is 118 Å². The molecule has 5 aromatic rings. The van der Waals surface area contributed by atoms with Crippen molar-refractivity contribution in [3.05, 3.63) is 161 Å². The number of nitrogens with zero attached hydrogens (tertiary/aromatic N) is 1. The highest BCUT2D eigenvalue weighted by atomic mass is 15.1. The predicted molar refractivity (Wildman–Crippen MR) is 222 cm³/mol. The third-order valence-electron chi connectivity index (χ3n) is 15.4. The lowest BCUT2D eigenvalue weighted by atomic mass is 9.67. The zero-order valence-electron chi connectivity index (χ0n) is 31.7. The smallest absolute Gasteiger partial charge is 0.0490 e. The van der Waals surface area contributed by atoms with Crippen molar-refractivity contribution >= 4 is 16.9 Å². The summed E-state index contributed by atoms with van der Waals surface area (Å²) < 4.78 is 0. The lowest BCUT2D eigenvalue weighted by molar-refractivity contribution is 0.327. The van der Waals surface area contributed by atoms with E-state index in [1.54, 1.807) is 16.7 Å². The summed E-state index contributed by atoms with van der Waals surface area (Å²) in [5.74, 6) is 4.16. The van der Waals surface area contributed by atoms with Gasteiger partial charge in [-0.15, -0.1) is 0 Å². The molecule has 0 radical (unpaired) electrons. The molecule has 4 fully saturated rings. The summed E-state index contributed by atoms with van der Waals surface area (Å²) >= 11 is 0. The number of anilines is 2. The zero-order chi connectivity index (χ0) is 35.6. The molecular weight excluding hydrogens is 639 g/mol. The lowest BCUT2D eigenvalue weighted by Gasteiger charge is -2.37. The average molecular weight is 690 g/mol. The van der Waals surface area contributed by atoms with Gasteiger partial charge in [0, 0.05) is 27.9 Å². The molecule has 11 rings (SSSR count). The van der Waals surface area contributed by atoms with Crippen molar-refractivity contribution in [1.82, 2.24) is 0 Å². The molecule has 0 aromatic heterocycles. The molecule has 1 nitrogen and oxygen atoms in total.